The first-order chi connectivity index (χ1) is 24.7. The minimum atomic E-state index is -0.953. The summed E-state index contributed by atoms with van der Waals surface area (Å²) in [6.07, 6.45) is 4.32. The number of ether oxygens (including phenoxy) is 1. The molecule has 0 spiro atoms. The van der Waals surface area contributed by atoms with Gasteiger partial charge in [0.25, 0.3) is 11.8 Å². The SMILES string of the molecule is CCCCN(CCCC)C(=O)c1cc(-c2cc3c(cc2C(=O)N2Cc4ccccc4C[C@H]2C)CN(C(=O)O)CC3)n(CCN2CCOCC2)c1C. The third-order valence-electron chi connectivity index (χ3n) is 11.1. The van der Waals surface area contributed by atoms with Gasteiger partial charge in [0.1, 0.15) is 0 Å². The quantitative estimate of drug-likeness (QED) is 0.233. The van der Waals surface area contributed by atoms with Crippen LogP contribution in [0, 0.1) is 6.92 Å². The smallest absolute Gasteiger partial charge is 0.407 e. The predicted molar refractivity (Wildman–Crippen MR) is 199 cm³/mol. The minimum absolute atomic E-state index is 0.00975. The lowest BCUT2D eigenvalue weighted by atomic mass is 9.90. The Labute approximate surface area is 303 Å². The number of aromatic nitrogens is 1. The molecule has 3 amide bonds. The van der Waals surface area contributed by atoms with Gasteiger partial charge in [-0.3, -0.25) is 14.5 Å². The van der Waals surface area contributed by atoms with Gasteiger partial charge >= 0.3 is 6.09 Å². The van der Waals surface area contributed by atoms with Crippen LogP contribution in [0.4, 0.5) is 4.79 Å². The molecule has 51 heavy (non-hydrogen) atoms. The van der Waals surface area contributed by atoms with Gasteiger partial charge in [-0.25, -0.2) is 4.79 Å². The average Bonchev–Trinajstić information content (AvgIpc) is 3.47. The average molecular weight is 698 g/mol. The molecule has 1 atom stereocenters. The molecule has 6 rings (SSSR count). The van der Waals surface area contributed by atoms with E-state index in [1.54, 1.807) is 0 Å². The molecule has 0 aliphatic carbocycles. The normalized spacial score (nSPS) is 17.6. The Morgan fingerprint density at radius 1 is 0.863 bits per heavy atom. The summed E-state index contributed by atoms with van der Waals surface area (Å²) in [5.74, 6) is -0.0220. The molecule has 10 heteroatoms. The van der Waals surface area contributed by atoms with Crippen LogP contribution in [-0.4, -0.2) is 106 Å². The number of unbranched alkanes of at least 4 members (excludes halogenated alkanes) is 2. The van der Waals surface area contributed by atoms with Crippen molar-refractivity contribution in [2.45, 2.75) is 91.9 Å². The van der Waals surface area contributed by atoms with Crippen molar-refractivity contribution in [3.05, 3.63) is 81.5 Å². The Hall–Kier alpha value is -4.15. The first kappa shape index (κ1) is 36.6. The molecule has 4 heterocycles. The predicted octanol–water partition coefficient (Wildman–Crippen LogP) is 6.46. The molecule has 274 valence electrons. The van der Waals surface area contributed by atoms with Crippen molar-refractivity contribution in [2.24, 2.45) is 0 Å². The fourth-order valence-electron chi connectivity index (χ4n) is 7.89. The maximum Gasteiger partial charge on any atom is 0.407 e. The number of fused-ring (bicyclic) bond motifs is 2. The van der Waals surface area contributed by atoms with E-state index in [-0.39, 0.29) is 24.4 Å². The van der Waals surface area contributed by atoms with Crippen molar-refractivity contribution in [3.8, 4) is 11.3 Å². The van der Waals surface area contributed by atoms with Crippen molar-refractivity contribution in [2.75, 3.05) is 52.5 Å². The summed E-state index contributed by atoms with van der Waals surface area (Å²) in [7, 11) is 0. The van der Waals surface area contributed by atoms with Crippen LogP contribution in [0.2, 0.25) is 0 Å². The highest BCUT2D eigenvalue weighted by Crippen LogP contribution is 2.36. The number of carbonyl (C=O) groups excluding carboxylic acids is 2. The highest BCUT2D eigenvalue weighted by molar-refractivity contribution is 6.03. The van der Waals surface area contributed by atoms with Gasteiger partial charge in [0.2, 0.25) is 0 Å². The van der Waals surface area contributed by atoms with E-state index in [0.29, 0.717) is 50.4 Å². The Balaban J connectivity index is 1.47. The van der Waals surface area contributed by atoms with Gasteiger partial charge in [0, 0.05) is 87.5 Å². The largest absolute Gasteiger partial charge is 0.465 e. The lowest BCUT2D eigenvalue weighted by Crippen LogP contribution is -2.43. The third-order valence-corrected chi connectivity index (χ3v) is 11.1. The number of morpholine rings is 1. The molecule has 0 bridgehead atoms. The number of amides is 3. The summed E-state index contributed by atoms with van der Waals surface area (Å²) in [5, 5.41) is 9.85. The molecule has 1 N–H and O–H groups in total. The molecule has 0 radical (unpaired) electrons. The standard InChI is InChI=1S/C41H55N5O5/c1-5-7-14-43(15-8-6-2)39(47)35-26-38(45(30(35)4)18-17-42-19-21-51-22-20-42)36-24-32-13-16-44(41(49)50)27-34(32)25-37(36)40(48)46-28-33-12-10-9-11-31(33)23-29(46)3/h9-12,24-26,29H,5-8,13-23,27-28H2,1-4H3,(H,49,50)/t29-/m1/s1. The molecular formula is C41H55N5O5. The highest BCUT2D eigenvalue weighted by Gasteiger charge is 2.33. The van der Waals surface area contributed by atoms with Crippen LogP contribution < -0.4 is 0 Å². The maximum absolute atomic E-state index is 14.9. The van der Waals surface area contributed by atoms with Gasteiger partial charge in [0.15, 0.2) is 0 Å². The van der Waals surface area contributed by atoms with Gasteiger partial charge in [-0.2, -0.15) is 0 Å². The number of hydrogen-bond donors (Lipinski definition) is 1. The van der Waals surface area contributed by atoms with E-state index >= 15 is 0 Å². The van der Waals surface area contributed by atoms with Crippen molar-refractivity contribution in [1.82, 2.24) is 24.2 Å². The number of carboxylic acid groups (broad SMARTS) is 1. The van der Waals surface area contributed by atoms with Gasteiger partial charge in [-0.05, 0) is 80.0 Å². The third kappa shape index (κ3) is 8.02. The zero-order chi connectivity index (χ0) is 36.1. The van der Waals surface area contributed by atoms with Crippen LogP contribution >= 0.6 is 0 Å². The number of hydrogen-bond acceptors (Lipinski definition) is 5. The molecule has 3 aliphatic heterocycles. The molecule has 3 aromatic rings. The number of carbonyl (C=O) groups is 3. The van der Waals surface area contributed by atoms with Crippen LogP contribution in [0.3, 0.4) is 0 Å². The Morgan fingerprint density at radius 3 is 2.25 bits per heavy atom. The topological polar surface area (TPSA) is 98.6 Å². The maximum atomic E-state index is 14.9. The molecule has 10 nitrogen and oxygen atoms in total. The fourth-order valence-corrected chi connectivity index (χ4v) is 7.89. The molecule has 1 fully saturated rings. The van der Waals surface area contributed by atoms with Crippen molar-refractivity contribution in [1.29, 1.82) is 0 Å². The molecule has 2 aromatic carbocycles. The summed E-state index contributed by atoms with van der Waals surface area (Å²) in [6, 6.07) is 14.4. The van der Waals surface area contributed by atoms with E-state index in [9.17, 15) is 19.5 Å². The lowest BCUT2D eigenvalue weighted by Gasteiger charge is -2.36. The zero-order valence-corrected chi connectivity index (χ0v) is 31.0. The van der Waals surface area contributed by atoms with Crippen LogP contribution in [0.25, 0.3) is 11.3 Å². The highest BCUT2D eigenvalue weighted by atomic mass is 16.5. The zero-order valence-electron chi connectivity index (χ0n) is 31.0. The van der Waals surface area contributed by atoms with Crippen molar-refractivity contribution in [3.63, 3.8) is 0 Å². The summed E-state index contributed by atoms with van der Waals surface area (Å²) in [4.78, 5) is 49.1. The second-order valence-electron chi connectivity index (χ2n) is 14.5. The van der Waals surface area contributed by atoms with Crippen LogP contribution in [-0.2, 0) is 37.2 Å². The summed E-state index contributed by atoms with van der Waals surface area (Å²) in [5.41, 5.74) is 8.17. The fraction of sp³-hybridized carbons (Fsp3) is 0.537. The summed E-state index contributed by atoms with van der Waals surface area (Å²) >= 11 is 0. The first-order valence-corrected chi connectivity index (χ1v) is 19.0. The molecular weight excluding hydrogens is 642 g/mol. The van der Waals surface area contributed by atoms with Crippen molar-refractivity contribution >= 4 is 17.9 Å². The first-order valence-electron chi connectivity index (χ1n) is 19.0. The number of nitrogens with zero attached hydrogens (tertiary/aromatic N) is 5. The minimum Gasteiger partial charge on any atom is -0.465 e. The van der Waals surface area contributed by atoms with E-state index < -0.39 is 6.09 Å². The second-order valence-corrected chi connectivity index (χ2v) is 14.5. The molecule has 0 saturated carbocycles. The molecule has 0 unspecified atom stereocenters. The Kier molecular flexibility index (Phi) is 11.8. The van der Waals surface area contributed by atoms with E-state index in [1.807, 2.05) is 34.9 Å². The van der Waals surface area contributed by atoms with E-state index in [4.69, 9.17) is 4.74 Å². The van der Waals surface area contributed by atoms with E-state index in [1.165, 1.54) is 10.5 Å². The lowest BCUT2D eigenvalue weighted by molar-refractivity contribution is 0.0364. The van der Waals surface area contributed by atoms with Crippen molar-refractivity contribution < 1.29 is 24.2 Å². The second kappa shape index (κ2) is 16.5. The van der Waals surface area contributed by atoms with Gasteiger partial charge < -0.3 is 29.1 Å². The van der Waals surface area contributed by atoms with E-state index in [0.717, 1.165) is 98.5 Å². The van der Waals surface area contributed by atoms with Gasteiger partial charge in [-0.15, -0.1) is 0 Å². The van der Waals surface area contributed by atoms with Crippen LogP contribution in [0.1, 0.15) is 95.1 Å². The molecule has 1 saturated heterocycles. The Morgan fingerprint density at radius 2 is 1.57 bits per heavy atom. The summed E-state index contributed by atoms with van der Waals surface area (Å²) < 4.78 is 7.87. The van der Waals surface area contributed by atoms with E-state index in [2.05, 4.69) is 54.5 Å². The van der Waals surface area contributed by atoms with Crippen LogP contribution in [0.5, 0.6) is 0 Å². The van der Waals surface area contributed by atoms with Gasteiger partial charge in [-0.1, -0.05) is 51.0 Å². The Bertz CT molecular complexity index is 1720. The molecule has 3 aliphatic rings. The molecule has 1 aromatic heterocycles. The van der Waals surface area contributed by atoms with Crippen LogP contribution in [0.15, 0.2) is 42.5 Å². The number of benzene rings is 2. The summed E-state index contributed by atoms with van der Waals surface area (Å²) in [6.45, 7) is 15.7. The number of rotatable bonds is 12. The van der Waals surface area contributed by atoms with Gasteiger partial charge in [0.05, 0.1) is 18.8 Å². The monoisotopic (exact) mass is 697 g/mol.